The Labute approximate surface area is 109 Å². The second-order valence-electron chi connectivity index (χ2n) is 6.72. The normalized spacial score (nSPS) is 31.9. The summed E-state index contributed by atoms with van der Waals surface area (Å²) in [6.45, 7) is 7.15. The molecule has 2 aliphatic rings. The monoisotopic (exact) mass is 253 g/mol. The first kappa shape index (κ1) is 13.4. The van der Waals surface area contributed by atoms with Gasteiger partial charge in [0.15, 0.2) is 0 Å². The Morgan fingerprint density at radius 3 is 2.17 bits per heavy atom. The van der Waals surface area contributed by atoms with E-state index in [9.17, 15) is 9.59 Å². The SMILES string of the molecule is CC(C)(C)OC(=O)N1CC2C[C@H](C=O)C[C@@H](C2)C1. The van der Waals surface area contributed by atoms with E-state index in [0.29, 0.717) is 11.8 Å². The van der Waals surface area contributed by atoms with Gasteiger partial charge in [-0.25, -0.2) is 4.79 Å². The fourth-order valence-electron chi connectivity index (χ4n) is 3.20. The van der Waals surface area contributed by atoms with E-state index in [0.717, 1.165) is 38.6 Å². The molecule has 1 amide bonds. The Bertz CT molecular complexity index is 320. The minimum absolute atomic E-state index is 0.203. The lowest BCUT2D eigenvalue weighted by Gasteiger charge is -2.43. The van der Waals surface area contributed by atoms with Gasteiger partial charge in [-0.05, 0) is 51.9 Å². The predicted octanol–water partition coefficient (Wildman–Crippen LogP) is 2.47. The molecule has 0 aromatic heterocycles. The molecule has 0 radical (unpaired) electrons. The first-order valence-electron chi connectivity index (χ1n) is 6.80. The summed E-state index contributed by atoms with van der Waals surface area (Å²) in [5.41, 5.74) is -0.436. The predicted molar refractivity (Wildman–Crippen MR) is 68.2 cm³/mol. The first-order valence-corrected chi connectivity index (χ1v) is 6.80. The molecule has 18 heavy (non-hydrogen) atoms. The van der Waals surface area contributed by atoms with Crippen LogP contribution in [0.4, 0.5) is 4.79 Å². The summed E-state index contributed by atoms with van der Waals surface area (Å²) in [5, 5.41) is 0. The molecular weight excluding hydrogens is 230 g/mol. The van der Waals surface area contributed by atoms with Gasteiger partial charge in [0.25, 0.3) is 0 Å². The van der Waals surface area contributed by atoms with Gasteiger partial charge in [0.05, 0.1) is 0 Å². The van der Waals surface area contributed by atoms with Crippen molar-refractivity contribution < 1.29 is 14.3 Å². The number of nitrogens with zero attached hydrogens (tertiary/aromatic N) is 1. The molecule has 1 unspecified atom stereocenters. The van der Waals surface area contributed by atoms with Gasteiger partial charge in [-0.15, -0.1) is 0 Å². The van der Waals surface area contributed by atoms with Crippen molar-refractivity contribution >= 4 is 12.4 Å². The molecule has 0 aromatic rings. The number of amides is 1. The van der Waals surface area contributed by atoms with Gasteiger partial charge in [-0.2, -0.15) is 0 Å². The van der Waals surface area contributed by atoms with Crippen LogP contribution >= 0.6 is 0 Å². The van der Waals surface area contributed by atoms with Gasteiger partial charge < -0.3 is 14.4 Å². The first-order chi connectivity index (χ1) is 8.37. The summed E-state index contributed by atoms with van der Waals surface area (Å²) in [6.07, 6.45) is 3.90. The number of aldehydes is 1. The third-order valence-electron chi connectivity index (χ3n) is 3.74. The van der Waals surface area contributed by atoms with Crippen molar-refractivity contribution in [1.29, 1.82) is 0 Å². The summed E-state index contributed by atoms with van der Waals surface area (Å²) in [7, 11) is 0. The van der Waals surface area contributed by atoms with Gasteiger partial charge in [-0.3, -0.25) is 0 Å². The fraction of sp³-hybridized carbons (Fsp3) is 0.857. The smallest absolute Gasteiger partial charge is 0.410 e. The maximum absolute atomic E-state index is 12.0. The number of carbonyl (C=O) groups is 2. The van der Waals surface area contributed by atoms with Crippen LogP contribution in [-0.2, 0) is 9.53 Å². The quantitative estimate of drug-likeness (QED) is 0.674. The zero-order valence-corrected chi connectivity index (χ0v) is 11.5. The van der Waals surface area contributed by atoms with Gasteiger partial charge in [0.1, 0.15) is 11.9 Å². The van der Waals surface area contributed by atoms with E-state index in [2.05, 4.69) is 0 Å². The van der Waals surface area contributed by atoms with Crippen LogP contribution in [0, 0.1) is 17.8 Å². The maximum atomic E-state index is 12.0. The van der Waals surface area contributed by atoms with Crippen molar-refractivity contribution in [2.45, 2.75) is 45.6 Å². The molecule has 4 heteroatoms. The number of fused-ring (bicyclic) bond motifs is 2. The van der Waals surface area contributed by atoms with Gasteiger partial charge in [0, 0.05) is 19.0 Å². The van der Waals surface area contributed by atoms with Gasteiger partial charge in [-0.1, -0.05) is 0 Å². The molecule has 4 nitrogen and oxygen atoms in total. The Hall–Kier alpha value is -1.06. The summed E-state index contributed by atoms with van der Waals surface area (Å²) in [6, 6.07) is 0. The highest BCUT2D eigenvalue weighted by Gasteiger charge is 2.37. The molecule has 0 aromatic carbocycles. The van der Waals surface area contributed by atoms with Crippen molar-refractivity contribution in [2.75, 3.05) is 13.1 Å². The molecule has 1 heterocycles. The Balaban J connectivity index is 1.94. The number of piperidine rings is 1. The van der Waals surface area contributed by atoms with Crippen molar-refractivity contribution in [3.8, 4) is 0 Å². The van der Waals surface area contributed by atoms with E-state index < -0.39 is 5.60 Å². The number of carbonyl (C=O) groups excluding carboxylic acids is 2. The van der Waals surface area contributed by atoms with E-state index >= 15 is 0 Å². The summed E-state index contributed by atoms with van der Waals surface area (Å²) in [4.78, 5) is 24.7. The standard InChI is InChI=1S/C14H23NO3/c1-14(2,3)18-13(17)15-7-10-4-11(8-15)6-12(5-10)9-16/h9-12H,4-8H2,1-3H3/t10-,11?,12-/m1/s1. The van der Waals surface area contributed by atoms with Crippen LogP contribution in [0.1, 0.15) is 40.0 Å². The fourth-order valence-corrected chi connectivity index (χ4v) is 3.20. The molecule has 2 fully saturated rings. The van der Waals surface area contributed by atoms with Crippen molar-refractivity contribution in [2.24, 2.45) is 17.8 Å². The molecule has 0 spiro atoms. The molecule has 2 rings (SSSR count). The second kappa shape index (κ2) is 4.90. The van der Waals surface area contributed by atoms with Crippen LogP contribution in [0.15, 0.2) is 0 Å². The van der Waals surface area contributed by atoms with Crippen LogP contribution in [0.25, 0.3) is 0 Å². The highest BCUT2D eigenvalue weighted by Crippen LogP contribution is 2.37. The average Bonchev–Trinajstić information content (AvgIpc) is 2.25. The van der Waals surface area contributed by atoms with Crippen molar-refractivity contribution in [3.63, 3.8) is 0 Å². The zero-order chi connectivity index (χ0) is 13.3. The van der Waals surface area contributed by atoms with Crippen LogP contribution in [0.2, 0.25) is 0 Å². The lowest BCUT2D eigenvalue weighted by atomic mass is 9.73. The summed E-state index contributed by atoms with van der Waals surface area (Å²) < 4.78 is 5.41. The van der Waals surface area contributed by atoms with Crippen LogP contribution < -0.4 is 0 Å². The molecule has 1 saturated heterocycles. The van der Waals surface area contributed by atoms with E-state index in [1.807, 2.05) is 25.7 Å². The van der Waals surface area contributed by atoms with E-state index in [1.165, 1.54) is 0 Å². The van der Waals surface area contributed by atoms with Crippen LogP contribution in [0.5, 0.6) is 0 Å². The lowest BCUT2D eigenvalue weighted by molar-refractivity contribution is -0.113. The zero-order valence-electron chi connectivity index (χ0n) is 11.5. The Morgan fingerprint density at radius 2 is 1.72 bits per heavy atom. The summed E-state index contributed by atoms with van der Waals surface area (Å²) >= 11 is 0. The number of ether oxygens (including phenoxy) is 1. The van der Waals surface area contributed by atoms with Crippen molar-refractivity contribution in [1.82, 2.24) is 4.90 Å². The molecule has 102 valence electrons. The maximum Gasteiger partial charge on any atom is 0.410 e. The Morgan fingerprint density at radius 1 is 1.17 bits per heavy atom. The number of hydrogen-bond acceptors (Lipinski definition) is 3. The summed E-state index contributed by atoms with van der Waals surface area (Å²) in [5.74, 6) is 1.15. The minimum atomic E-state index is -0.436. The molecular formula is C14H23NO3. The Kier molecular flexibility index (Phi) is 3.64. The average molecular weight is 253 g/mol. The number of rotatable bonds is 1. The molecule has 1 aliphatic heterocycles. The van der Waals surface area contributed by atoms with Crippen LogP contribution in [0.3, 0.4) is 0 Å². The van der Waals surface area contributed by atoms with Crippen LogP contribution in [-0.4, -0.2) is 36.0 Å². The number of hydrogen-bond donors (Lipinski definition) is 0. The lowest BCUT2D eigenvalue weighted by Crippen LogP contribution is -2.48. The van der Waals surface area contributed by atoms with Crippen molar-refractivity contribution in [3.05, 3.63) is 0 Å². The topological polar surface area (TPSA) is 46.6 Å². The highest BCUT2D eigenvalue weighted by molar-refractivity contribution is 5.68. The van der Waals surface area contributed by atoms with E-state index in [1.54, 1.807) is 0 Å². The molecule has 3 atom stereocenters. The molecule has 2 bridgehead atoms. The highest BCUT2D eigenvalue weighted by atomic mass is 16.6. The van der Waals surface area contributed by atoms with E-state index in [4.69, 9.17) is 4.74 Å². The minimum Gasteiger partial charge on any atom is -0.444 e. The number of likely N-dealkylation sites (tertiary alicyclic amines) is 1. The largest absolute Gasteiger partial charge is 0.444 e. The second-order valence-corrected chi connectivity index (χ2v) is 6.72. The third kappa shape index (κ3) is 3.24. The van der Waals surface area contributed by atoms with Gasteiger partial charge in [0.2, 0.25) is 0 Å². The third-order valence-corrected chi connectivity index (χ3v) is 3.74. The van der Waals surface area contributed by atoms with E-state index in [-0.39, 0.29) is 12.0 Å². The van der Waals surface area contributed by atoms with Gasteiger partial charge >= 0.3 is 6.09 Å². The molecule has 1 saturated carbocycles. The molecule has 1 aliphatic carbocycles. The molecule has 0 N–H and O–H groups in total.